The van der Waals surface area contributed by atoms with Crippen molar-refractivity contribution in [2.45, 2.75) is 6.92 Å². The molecule has 2 aromatic rings. The Balaban J connectivity index is 2.04. The lowest BCUT2D eigenvalue weighted by molar-refractivity contribution is -0.114. The fourth-order valence-electron chi connectivity index (χ4n) is 2.03. The number of carbonyl (C=O) groups is 2. The van der Waals surface area contributed by atoms with Gasteiger partial charge in [0.1, 0.15) is 5.75 Å². The second-order valence-electron chi connectivity index (χ2n) is 4.83. The number of nitrogens with one attached hydrogen (secondary N) is 2. The highest BCUT2D eigenvalue weighted by atomic mass is 16.5. The van der Waals surface area contributed by atoms with Crippen LogP contribution in [-0.4, -0.2) is 18.9 Å². The molecule has 0 radical (unpaired) electrons. The molecule has 118 valence electrons. The third-order valence-corrected chi connectivity index (χ3v) is 3.00. The summed E-state index contributed by atoms with van der Waals surface area (Å²) in [6, 6.07) is 14.4. The van der Waals surface area contributed by atoms with E-state index in [1.54, 1.807) is 37.5 Å². The van der Waals surface area contributed by atoms with Crippen molar-refractivity contribution in [1.82, 2.24) is 0 Å². The van der Waals surface area contributed by atoms with Gasteiger partial charge in [0.2, 0.25) is 11.8 Å². The first-order valence-electron chi connectivity index (χ1n) is 7.08. The summed E-state index contributed by atoms with van der Waals surface area (Å²) in [5.41, 5.74) is 2.05. The zero-order valence-corrected chi connectivity index (χ0v) is 13.0. The molecule has 2 N–H and O–H groups in total. The molecule has 23 heavy (non-hydrogen) atoms. The van der Waals surface area contributed by atoms with Crippen molar-refractivity contribution in [2.75, 3.05) is 17.7 Å². The summed E-state index contributed by atoms with van der Waals surface area (Å²) in [4.78, 5) is 23.0. The Hall–Kier alpha value is -3.08. The fraction of sp³-hybridized carbons (Fsp3) is 0.111. The molecule has 0 aliphatic rings. The minimum absolute atomic E-state index is 0.162. The molecule has 2 amide bonds. The summed E-state index contributed by atoms with van der Waals surface area (Å²) in [6.07, 6.45) is 3.12. The van der Waals surface area contributed by atoms with E-state index in [1.807, 2.05) is 24.3 Å². The van der Waals surface area contributed by atoms with E-state index in [2.05, 4.69) is 10.6 Å². The van der Waals surface area contributed by atoms with E-state index in [4.69, 9.17) is 4.74 Å². The quantitative estimate of drug-likeness (QED) is 0.833. The molecule has 0 saturated carbocycles. The molecule has 0 unspecified atom stereocenters. The minimum Gasteiger partial charge on any atom is -0.496 e. The maximum atomic E-state index is 12.0. The van der Waals surface area contributed by atoms with Gasteiger partial charge in [-0.3, -0.25) is 9.59 Å². The number of hydrogen-bond donors (Lipinski definition) is 2. The second kappa shape index (κ2) is 7.79. The normalized spacial score (nSPS) is 10.3. The van der Waals surface area contributed by atoms with E-state index in [9.17, 15) is 9.59 Å². The molecule has 0 saturated heterocycles. The molecule has 0 heterocycles. The van der Waals surface area contributed by atoms with E-state index >= 15 is 0 Å². The van der Waals surface area contributed by atoms with Gasteiger partial charge >= 0.3 is 0 Å². The van der Waals surface area contributed by atoms with Gasteiger partial charge in [0.15, 0.2) is 0 Å². The van der Waals surface area contributed by atoms with Crippen molar-refractivity contribution in [3.63, 3.8) is 0 Å². The first-order chi connectivity index (χ1) is 11.1. The Morgan fingerprint density at radius 2 is 1.70 bits per heavy atom. The summed E-state index contributed by atoms with van der Waals surface area (Å²) in [5, 5.41) is 5.41. The molecule has 0 aromatic heterocycles. The van der Waals surface area contributed by atoms with Crippen LogP contribution in [0.25, 0.3) is 6.08 Å². The molecule has 0 fully saturated rings. The number of hydrogen-bond acceptors (Lipinski definition) is 3. The first-order valence-corrected chi connectivity index (χ1v) is 7.08. The third-order valence-electron chi connectivity index (χ3n) is 3.00. The SMILES string of the molecule is COc1ccccc1/C=C/C(=O)Nc1cccc(NC(C)=O)c1. The van der Waals surface area contributed by atoms with Crippen LogP contribution in [0.2, 0.25) is 0 Å². The van der Waals surface area contributed by atoms with Crippen molar-refractivity contribution in [3.05, 3.63) is 60.2 Å². The van der Waals surface area contributed by atoms with Gasteiger partial charge in [-0.25, -0.2) is 0 Å². The lowest BCUT2D eigenvalue weighted by Crippen LogP contribution is -2.09. The van der Waals surface area contributed by atoms with Crippen molar-refractivity contribution in [2.24, 2.45) is 0 Å². The van der Waals surface area contributed by atoms with E-state index in [0.29, 0.717) is 17.1 Å². The van der Waals surface area contributed by atoms with Gasteiger partial charge in [-0.2, -0.15) is 0 Å². The summed E-state index contributed by atoms with van der Waals surface area (Å²) < 4.78 is 5.23. The maximum Gasteiger partial charge on any atom is 0.248 e. The molecule has 0 bridgehead atoms. The predicted octanol–water partition coefficient (Wildman–Crippen LogP) is 3.31. The highest BCUT2D eigenvalue weighted by Gasteiger charge is 2.02. The Morgan fingerprint density at radius 3 is 2.39 bits per heavy atom. The highest BCUT2D eigenvalue weighted by molar-refractivity contribution is 6.02. The van der Waals surface area contributed by atoms with Crippen LogP contribution in [0.15, 0.2) is 54.6 Å². The van der Waals surface area contributed by atoms with Crippen LogP contribution in [0.5, 0.6) is 5.75 Å². The van der Waals surface area contributed by atoms with Crippen LogP contribution in [-0.2, 0) is 9.59 Å². The molecule has 0 aliphatic heterocycles. The van der Waals surface area contributed by atoms with Gasteiger partial charge in [-0.05, 0) is 30.3 Å². The number of ether oxygens (including phenoxy) is 1. The van der Waals surface area contributed by atoms with Crippen LogP contribution in [0, 0.1) is 0 Å². The minimum atomic E-state index is -0.268. The molecule has 0 atom stereocenters. The number of rotatable bonds is 5. The molecule has 5 nitrogen and oxygen atoms in total. The molecule has 2 rings (SSSR count). The Bertz CT molecular complexity index is 739. The number of carbonyl (C=O) groups excluding carboxylic acids is 2. The van der Waals surface area contributed by atoms with Gasteiger partial charge in [0, 0.05) is 29.9 Å². The van der Waals surface area contributed by atoms with Crippen LogP contribution >= 0.6 is 0 Å². The van der Waals surface area contributed by atoms with Gasteiger partial charge in [0.25, 0.3) is 0 Å². The Morgan fingerprint density at radius 1 is 1.00 bits per heavy atom. The molecule has 0 aliphatic carbocycles. The number of anilines is 2. The number of amides is 2. The summed E-state index contributed by atoms with van der Waals surface area (Å²) in [7, 11) is 1.58. The zero-order chi connectivity index (χ0) is 16.7. The summed E-state index contributed by atoms with van der Waals surface area (Å²) in [5.74, 6) is 0.268. The van der Waals surface area contributed by atoms with Gasteiger partial charge < -0.3 is 15.4 Å². The smallest absolute Gasteiger partial charge is 0.248 e. The monoisotopic (exact) mass is 310 g/mol. The second-order valence-corrected chi connectivity index (χ2v) is 4.83. The Labute approximate surface area is 135 Å². The summed E-state index contributed by atoms with van der Waals surface area (Å²) in [6.45, 7) is 1.43. The maximum absolute atomic E-state index is 12.0. The van der Waals surface area contributed by atoms with E-state index in [1.165, 1.54) is 13.0 Å². The van der Waals surface area contributed by atoms with Gasteiger partial charge in [-0.15, -0.1) is 0 Å². The predicted molar refractivity (Wildman–Crippen MR) is 91.4 cm³/mol. The molecule has 0 spiro atoms. The van der Waals surface area contributed by atoms with Gasteiger partial charge in [0.05, 0.1) is 7.11 Å². The van der Waals surface area contributed by atoms with Crippen LogP contribution in [0.4, 0.5) is 11.4 Å². The lowest BCUT2D eigenvalue weighted by Gasteiger charge is -2.06. The fourth-order valence-corrected chi connectivity index (χ4v) is 2.03. The number of para-hydroxylation sites is 1. The largest absolute Gasteiger partial charge is 0.496 e. The molecule has 2 aromatic carbocycles. The molecular weight excluding hydrogens is 292 g/mol. The lowest BCUT2D eigenvalue weighted by atomic mass is 10.2. The zero-order valence-electron chi connectivity index (χ0n) is 13.0. The van der Waals surface area contributed by atoms with E-state index in [-0.39, 0.29) is 11.8 Å². The van der Waals surface area contributed by atoms with Crippen molar-refractivity contribution >= 4 is 29.3 Å². The molecular formula is C18H18N2O3. The average Bonchev–Trinajstić information content (AvgIpc) is 2.53. The number of methoxy groups -OCH3 is 1. The summed E-state index contributed by atoms with van der Waals surface area (Å²) >= 11 is 0. The van der Waals surface area contributed by atoms with Crippen molar-refractivity contribution < 1.29 is 14.3 Å². The van der Waals surface area contributed by atoms with Crippen molar-refractivity contribution in [3.8, 4) is 5.75 Å². The standard InChI is InChI=1S/C18H18N2O3/c1-13(21)19-15-7-5-8-16(12-15)20-18(22)11-10-14-6-3-4-9-17(14)23-2/h3-12H,1-2H3,(H,19,21)(H,20,22)/b11-10+. The Kier molecular flexibility index (Phi) is 5.52. The third kappa shape index (κ3) is 5.00. The van der Waals surface area contributed by atoms with Crippen LogP contribution in [0.3, 0.4) is 0 Å². The van der Waals surface area contributed by atoms with E-state index < -0.39 is 0 Å². The van der Waals surface area contributed by atoms with Crippen molar-refractivity contribution in [1.29, 1.82) is 0 Å². The van der Waals surface area contributed by atoms with Crippen LogP contribution < -0.4 is 15.4 Å². The molecule has 5 heteroatoms. The van der Waals surface area contributed by atoms with Crippen LogP contribution in [0.1, 0.15) is 12.5 Å². The highest BCUT2D eigenvalue weighted by Crippen LogP contribution is 2.19. The topological polar surface area (TPSA) is 67.4 Å². The van der Waals surface area contributed by atoms with E-state index in [0.717, 1.165) is 5.56 Å². The average molecular weight is 310 g/mol. The van der Waals surface area contributed by atoms with Gasteiger partial charge in [-0.1, -0.05) is 24.3 Å². The first kappa shape index (κ1) is 16.3. The number of benzene rings is 2.